The lowest BCUT2D eigenvalue weighted by molar-refractivity contribution is 0.243. The highest BCUT2D eigenvalue weighted by atomic mass is 19.1. The van der Waals surface area contributed by atoms with Crippen LogP contribution in [0.1, 0.15) is 25.5 Å². The topological polar surface area (TPSA) is 41.5 Å². The van der Waals surface area contributed by atoms with Crippen molar-refractivity contribution >= 4 is 0 Å². The molecule has 0 aliphatic rings. The van der Waals surface area contributed by atoms with Gasteiger partial charge in [-0.3, -0.25) is 0 Å². The van der Waals surface area contributed by atoms with Crippen LogP contribution in [0.25, 0.3) is 0 Å². The van der Waals surface area contributed by atoms with E-state index in [1.54, 1.807) is 6.07 Å². The molecular weight excluding hydrogens is 209 g/mol. The first kappa shape index (κ1) is 12.9. The summed E-state index contributed by atoms with van der Waals surface area (Å²) in [7, 11) is 1.44. The van der Waals surface area contributed by atoms with Crippen LogP contribution in [0, 0.1) is 5.82 Å². The molecule has 4 heteroatoms. The van der Waals surface area contributed by atoms with Crippen LogP contribution in [0.5, 0.6) is 5.75 Å². The number of benzene rings is 1. The molecule has 90 valence electrons. The van der Waals surface area contributed by atoms with E-state index < -0.39 is 0 Å². The fourth-order valence-corrected chi connectivity index (χ4v) is 1.53. The van der Waals surface area contributed by atoms with Gasteiger partial charge in [0, 0.05) is 12.1 Å². The minimum absolute atomic E-state index is 0.0115. The molecule has 0 heterocycles. The Balaban J connectivity index is 2.76. The van der Waals surface area contributed by atoms with Crippen molar-refractivity contribution in [2.75, 3.05) is 13.7 Å². The van der Waals surface area contributed by atoms with E-state index in [1.807, 2.05) is 19.9 Å². The van der Waals surface area contributed by atoms with Gasteiger partial charge in [-0.1, -0.05) is 6.07 Å². The Kier molecular flexibility index (Phi) is 4.71. The third kappa shape index (κ3) is 3.18. The summed E-state index contributed by atoms with van der Waals surface area (Å²) < 4.78 is 18.3. The number of rotatable bonds is 5. The van der Waals surface area contributed by atoms with Gasteiger partial charge in [-0.15, -0.1) is 0 Å². The summed E-state index contributed by atoms with van der Waals surface area (Å²) in [5, 5.41) is 12.1. The summed E-state index contributed by atoms with van der Waals surface area (Å²) in [6, 6.07) is 4.83. The van der Waals surface area contributed by atoms with E-state index in [9.17, 15) is 4.39 Å². The Morgan fingerprint density at radius 3 is 2.62 bits per heavy atom. The van der Waals surface area contributed by atoms with Crippen molar-refractivity contribution in [2.24, 2.45) is 0 Å². The average Bonchev–Trinajstić information content (AvgIpc) is 2.28. The maximum absolute atomic E-state index is 13.4. The predicted molar refractivity (Wildman–Crippen MR) is 61.1 cm³/mol. The maximum atomic E-state index is 13.4. The largest absolute Gasteiger partial charge is 0.494 e. The fourth-order valence-electron chi connectivity index (χ4n) is 1.53. The molecule has 2 N–H and O–H groups in total. The monoisotopic (exact) mass is 227 g/mol. The SMILES string of the molecule is COc1ccc(C(C)N[C@H](C)CO)cc1F. The van der Waals surface area contributed by atoms with E-state index in [4.69, 9.17) is 9.84 Å². The number of ether oxygens (including phenoxy) is 1. The first-order chi connectivity index (χ1) is 7.58. The lowest BCUT2D eigenvalue weighted by Gasteiger charge is -2.19. The molecule has 1 unspecified atom stereocenters. The molecule has 0 bridgehead atoms. The molecule has 0 fully saturated rings. The maximum Gasteiger partial charge on any atom is 0.165 e. The van der Waals surface area contributed by atoms with Gasteiger partial charge in [0.05, 0.1) is 13.7 Å². The molecule has 0 aliphatic carbocycles. The molecule has 1 aromatic rings. The molecular formula is C12H18FNO2. The second-order valence-corrected chi connectivity index (χ2v) is 3.87. The van der Waals surface area contributed by atoms with Crippen LogP contribution in [0.3, 0.4) is 0 Å². The molecule has 2 atom stereocenters. The van der Waals surface area contributed by atoms with Crippen molar-refractivity contribution in [3.8, 4) is 5.75 Å². The molecule has 0 aliphatic heterocycles. The summed E-state index contributed by atoms with van der Waals surface area (Å²) in [4.78, 5) is 0. The van der Waals surface area contributed by atoms with Gasteiger partial charge in [0.2, 0.25) is 0 Å². The van der Waals surface area contributed by atoms with Gasteiger partial charge >= 0.3 is 0 Å². The van der Waals surface area contributed by atoms with Crippen molar-refractivity contribution in [2.45, 2.75) is 25.9 Å². The Morgan fingerprint density at radius 2 is 2.12 bits per heavy atom. The van der Waals surface area contributed by atoms with E-state index >= 15 is 0 Å². The second kappa shape index (κ2) is 5.82. The smallest absolute Gasteiger partial charge is 0.165 e. The number of methoxy groups -OCH3 is 1. The molecule has 1 rings (SSSR count). The second-order valence-electron chi connectivity index (χ2n) is 3.87. The molecule has 0 saturated heterocycles. The van der Waals surface area contributed by atoms with Crippen molar-refractivity contribution < 1.29 is 14.2 Å². The summed E-state index contributed by atoms with van der Waals surface area (Å²) in [6.07, 6.45) is 0. The van der Waals surface area contributed by atoms with Crippen LogP contribution in [0.2, 0.25) is 0 Å². The summed E-state index contributed by atoms with van der Waals surface area (Å²) >= 11 is 0. The third-order valence-electron chi connectivity index (χ3n) is 2.48. The van der Waals surface area contributed by atoms with Crippen molar-refractivity contribution in [3.05, 3.63) is 29.6 Å². The van der Waals surface area contributed by atoms with Gasteiger partial charge in [-0.25, -0.2) is 4.39 Å². The van der Waals surface area contributed by atoms with Crippen LogP contribution in [-0.4, -0.2) is 24.9 Å². The normalized spacial score (nSPS) is 14.6. The third-order valence-corrected chi connectivity index (χ3v) is 2.48. The predicted octanol–water partition coefficient (Wildman–Crippen LogP) is 1.87. The minimum Gasteiger partial charge on any atom is -0.494 e. The van der Waals surface area contributed by atoms with Crippen molar-refractivity contribution in [1.82, 2.24) is 5.32 Å². The molecule has 0 amide bonds. The number of nitrogens with one attached hydrogen (secondary N) is 1. The quantitative estimate of drug-likeness (QED) is 0.806. The lowest BCUT2D eigenvalue weighted by Crippen LogP contribution is -2.31. The molecule has 1 aromatic carbocycles. The summed E-state index contributed by atoms with van der Waals surface area (Å²) in [6.45, 7) is 3.85. The molecule has 0 radical (unpaired) electrons. The molecule has 0 spiro atoms. The van der Waals surface area contributed by atoms with Gasteiger partial charge in [0.25, 0.3) is 0 Å². The number of aliphatic hydroxyl groups is 1. The van der Waals surface area contributed by atoms with Crippen molar-refractivity contribution in [3.63, 3.8) is 0 Å². The molecule has 3 nitrogen and oxygen atoms in total. The number of hydrogen-bond donors (Lipinski definition) is 2. The van der Waals surface area contributed by atoms with E-state index in [0.29, 0.717) is 0 Å². The zero-order chi connectivity index (χ0) is 12.1. The first-order valence-corrected chi connectivity index (χ1v) is 5.28. The van der Waals surface area contributed by atoms with Crippen molar-refractivity contribution in [1.29, 1.82) is 0 Å². The highest BCUT2D eigenvalue weighted by molar-refractivity contribution is 5.30. The zero-order valence-electron chi connectivity index (χ0n) is 9.83. The van der Waals surface area contributed by atoms with Gasteiger partial charge in [-0.2, -0.15) is 0 Å². The Morgan fingerprint density at radius 1 is 1.44 bits per heavy atom. The van der Waals surface area contributed by atoms with Gasteiger partial charge in [-0.05, 0) is 31.5 Å². The van der Waals surface area contributed by atoms with Gasteiger partial charge in [0.1, 0.15) is 0 Å². The fraction of sp³-hybridized carbons (Fsp3) is 0.500. The standard InChI is InChI=1S/C12H18FNO2/c1-8(7-15)14-9(2)10-4-5-12(16-3)11(13)6-10/h4-6,8-9,14-15H,7H2,1-3H3/t8-,9?/m1/s1. The number of halogens is 1. The van der Waals surface area contributed by atoms with Crippen LogP contribution in [0.15, 0.2) is 18.2 Å². The number of aliphatic hydroxyl groups excluding tert-OH is 1. The van der Waals surface area contributed by atoms with Crippen LogP contribution in [0.4, 0.5) is 4.39 Å². The first-order valence-electron chi connectivity index (χ1n) is 5.28. The molecule has 0 aromatic heterocycles. The zero-order valence-corrected chi connectivity index (χ0v) is 9.83. The highest BCUT2D eigenvalue weighted by Gasteiger charge is 2.11. The number of hydrogen-bond acceptors (Lipinski definition) is 3. The average molecular weight is 227 g/mol. The Bertz CT molecular complexity index is 344. The van der Waals surface area contributed by atoms with E-state index in [2.05, 4.69) is 5.32 Å². The lowest BCUT2D eigenvalue weighted by atomic mass is 10.1. The minimum atomic E-state index is -0.370. The Hall–Kier alpha value is -1.13. The van der Waals surface area contributed by atoms with Gasteiger partial charge in [0.15, 0.2) is 11.6 Å². The molecule has 0 saturated carbocycles. The summed E-state index contributed by atoms with van der Waals surface area (Å²) in [5.74, 6) is -0.128. The molecule has 16 heavy (non-hydrogen) atoms. The van der Waals surface area contributed by atoms with E-state index in [-0.39, 0.29) is 30.3 Å². The van der Waals surface area contributed by atoms with E-state index in [0.717, 1.165) is 5.56 Å². The van der Waals surface area contributed by atoms with E-state index in [1.165, 1.54) is 13.2 Å². The highest BCUT2D eigenvalue weighted by Crippen LogP contribution is 2.21. The van der Waals surface area contributed by atoms with Crippen LogP contribution >= 0.6 is 0 Å². The van der Waals surface area contributed by atoms with Gasteiger partial charge < -0.3 is 15.2 Å². The van der Waals surface area contributed by atoms with Crippen LogP contribution in [-0.2, 0) is 0 Å². The Labute approximate surface area is 95.2 Å². The summed E-state index contributed by atoms with van der Waals surface area (Å²) in [5.41, 5.74) is 0.832. The van der Waals surface area contributed by atoms with Crippen LogP contribution < -0.4 is 10.1 Å².